The van der Waals surface area contributed by atoms with Crippen LogP contribution in [0.1, 0.15) is 44.2 Å². The van der Waals surface area contributed by atoms with E-state index in [0.717, 1.165) is 16.4 Å². The Bertz CT molecular complexity index is 675. The number of hydrogen-bond donors (Lipinski definition) is 0. The van der Waals surface area contributed by atoms with Gasteiger partial charge in [-0.2, -0.15) is 0 Å². The number of pyridine rings is 1. The minimum Gasteiger partial charge on any atom is -0.336 e. The molecule has 4 nitrogen and oxygen atoms in total. The summed E-state index contributed by atoms with van der Waals surface area (Å²) < 4.78 is 0. The van der Waals surface area contributed by atoms with E-state index in [2.05, 4.69) is 14.9 Å². The summed E-state index contributed by atoms with van der Waals surface area (Å²) in [5.41, 5.74) is 1.76. The standard InChI is InChI=1S/C18H21N3OS/c22-17(21(15-8-9-15)14-5-1-2-6-14)11-13-12-23-18(20-13)16-7-3-4-10-19-16/h3-4,7,10,12,14-15H,1-2,5-6,8-9,11H2. The van der Waals surface area contributed by atoms with E-state index in [1.54, 1.807) is 17.5 Å². The second kappa shape index (κ2) is 6.40. The fraction of sp³-hybridized carbons (Fsp3) is 0.500. The topological polar surface area (TPSA) is 46.1 Å². The first kappa shape index (κ1) is 14.8. The summed E-state index contributed by atoms with van der Waals surface area (Å²) >= 11 is 1.57. The first-order chi connectivity index (χ1) is 11.3. The van der Waals surface area contributed by atoms with Crippen LogP contribution in [0.15, 0.2) is 29.8 Å². The Kier molecular flexibility index (Phi) is 4.12. The number of carbonyl (C=O) groups is 1. The Hall–Kier alpha value is -1.75. The lowest BCUT2D eigenvalue weighted by molar-refractivity contribution is -0.133. The van der Waals surface area contributed by atoms with Gasteiger partial charge in [0.2, 0.25) is 5.91 Å². The number of nitrogens with zero attached hydrogens (tertiary/aromatic N) is 3. The van der Waals surface area contributed by atoms with Gasteiger partial charge in [0.05, 0.1) is 17.8 Å². The van der Waals surface area contributed by atoms with Crippen molar-refractivity contribution in [3.05, 3.63) is 35.5 Å². The molecule has 4 rings (SSSR count). The van der Waals surface area contributed by atoms with Gasteiger partial charge in [0, 0.05) is 23.7 Å². The van der Waals surface area contributed by atoms with E-state index in [0.29, 0.717) is 18.5 Å². The Balaban J connectivity index is 1.46. The molecule has 2 heterocycles. The van der Waals surface area contributed by atoms with Crippen molar-refractivity contribution in [2.75, 3.05) is 0 Å². The number of carbonyl (C=O) groups excluding carboxylic acids is 1. The molecule has 0 aliphatic heterocycles. The van der Waals surface area contributed by atoms with Crippen molar-refractivity contribution < 1.29 is 4.79 Å². The van der Waals surface area contributed by atoms with E-state index < -0.39 is 0 Å². The van der Waals surface area contributed by atoms with Crippen LogP contribution in [0.4, 0.5) is 0 Å². The third kappa shape index (κ3) is 3.29. The van der Waals surface area contributed by atoms with Gasteiger partial charge in [-0.1, -0.05) is 18.9 Å². The summed E-state index contributed by atoms with van der Waals surface area (Å²) in [7, 11) is 0. The molecule has 2 fully saturated rings. The van der Waals surface area contributed by atoms with E-state index in [-0.39, 0.29) is 5.91 Å². The lowest BCUT2D eigenvalue weighted by Gasteiger charge is -2.29. The molecule has 120 valence electrons. The molecule has 2 aromatic heterocycles. The van der Waals surface area contributed by atoms with Gasteiger partial charge in [0.15, 0.2) is 0 Å². The fourth-order valence-corrected chi connectivity index (χ4v) is 4.28. The van der Waals surface area contributed by atoms with Crippen LogP contribution in [-0.4, -0.2) is 32.9 Å². The maximum atomic E-state index is 12.8. The zero-order valence-corrected chi connectivity index (χ0v) is 14.0. The van der Waals surface area contributed by atoms with Crippen molar-refractivity contribution >= 4 is 17.2 Å². The zero-order valence-electron chi connectivity index (χ0n) is 13.1. The molecule has 0 unspecified atom stereocenters. The quantitative estimate of drug-likeness (QED) is 0.841. The lowest BCUT2D eigenvalue weighted by Crippen LogP contribution is -2.41. The Morgan fingerprint density at radius 2 is 1.96 bits per heavy atom. The van der Waals surface area contributed by atoms with Crippen LogP contribution in [0.3, 0.4) is 0 Å². The highest BCUT2D eigenvalue weighted by molar-refractivity contribution is 7.13. The van der Waals surface area contributed by atoms with Gasteiger partial charge in [-0.25, -0.2) is 4.98 Å². The van der Waals surface area contributed by atoms with Gasteiger partial charge >= 0.3 is 0 Å². The first-order valence-corrected chi connectivity index (χ1v) is 9.36. The van der Waals surface area contributed by atoms with Crippen molar-refractivity contribution in [3.63, 3.8) is 0 Å². The third-order valence-electron chi connectivity index (χ3n) is 4.71. The monoisotopic (exact) mass is 327 g/mol. The summed E-state index contributed by atoms with van der Waals surface area (Å²) in [6.45, 7) is 0. The normalized spacial score (nSPS) is 18.3. The SMILES string of the molecule is O=C(Cc1csc(-c2ccccn2)n1)N(C1CCCC1)C1CC1. The highest BCUT2D eigenvalue weighted by Crippen LogP contribution is 2.35. The lowest BCUT2D eigenvalue weighted by atomic mass is 10.1. The summed E-state index contributed by atoms with van der Waals surface area (Å²) in [6.07, 6.45) is 9.45. The van der Waals surface area contributed by atoms with Crippen molar-refractivity contribution in [1.29, 1.82) is 0 Å². The van der Waals surface area contributed by atoms with Crippen LogP contribution in [0, 0.1) is 0 Å². The minimum atomic E-state index is 0.261. The van der Waals surface area contributed by atoms with Crippen LogP contribution in [0.2, 0.25) is 0 Å². The molecule has 0 bridgehead atoms. The van der Waals surface area contributed by atoms with Gasteiger partial charge in [-0.15, -0.1) is 11.3 Å². The van der Waals surface area contributed by atoms with Crippen LogP contribution in [0.5, 0.6) is 0 Å². The highest BCUT2D eigenvalue weighted by Gasteiger charge is 2.38. The molecule has 0 aromatic carbocycles. The number of amides is 1. The van der Waals surface area contributed by atoms with Crippen LogP contribution < -0.4 is 0 Å². The number of aromatic nitrogens is 2. The summed E-state index contributed by atoms with van der Waals surface area (Å²) in [5, 5.41) is 2.90. The van der Waals surface area contributed by atoms with E-state index in [9.17, 15) is 4.79 Å². The van der Waals surface area contributed by atoms with Gasteiger partial charge in [0.1, 0.15) is 5.01 Å². The number of thiazole rings is 1. The molecular weight excluding hydrogens is 306 g/mol. The number of hydrogen-bond acceptors (Lipinski definition) is 4. The molecule has 2 aliphatic rings. The molecule has 2 aromatic rings. The van der Waals surface area contributed by atoms with E-state index >= 15 is 0 Å². The van der Waals surface area contributed by atoms with E-state index in [1.165, 1.54) is 38.5 Å². The Morgan fingerprint density at radius 1 is 1.17 bits per heavy atom. The van der Waals surface area contributed by atoms with Crippen molar-refractivity contribution in [3.8, 4) is 10.7 Å². The average Bonchev–Trinajstić information content (AvgIpc) is 3.06. The van der Waals surface area contributed by atoms with Crippen LogP contribution in [-0.2, 0) is 11.2 Å². The minimum absolute atomic E-state index is 0.261. The molecule has 0 saturated heterocycles. The smallest absolute Gasteiger partial charge is 0.229 e. The molecule has 0 atom stereocenters. The molecular formula is C18H21N3OS. The van der Waals surface area contributed by atoms with Crippen molar-refractivity contribution in [1.82, 2.24) is 14.9 Å². The molecule has 0 radical (unpaired) electrons. The van der Waals surface area contributed by atoms with Gasteiger partial charge in [-0.3, -0.25) is 9.78 Å². The average molecular weight is 327 g/mol. The van der Waals surface area contributed by atoms with Crippen LogP contribution in [0.25, 0.3) is 10.7 Å². The summed E-state index contributed by atoms with van der Waals surface area (Å²) in [4.78, 5) is 23.9. The van der Waals surface area contributed by atoms with Crippen molar-refractivity contribution in [2.24, 2.45) is 0 Å². The molecule has 23 heavy (non-hydrogen) atoms. The second-order valence-electron chi connectivity index (χ2n) is 6.51. The maximum absolute atomic E-state index is 12.8. The van der Waals surface area contributed by atoms with E-state index in [1.807, 2.05) is 23.6 Å². The third-order valence-corrected chi connectivity index (χ3v) is 5.63. The zero-order chi connectivity index (χ0) is 15.6. The largest absolute Gasteiger partial charge is 0.336 e. The molecule has 5 heteroatoms. The highest BCUT2D eigenvalue weighted by atomic mass is 32.1. The molecule has 1 amide bonds. The Labute approximate surface area is 140 Å². The Morgan fingerprint density at radius 3 is 2.65 bits per heavy atom. The molecule has 0 N–H and O–H groups in total. The van der Waals surface area contributed by atoms with E-state index in [4.69, 9.17) is 0 Å². The molecule has 2 saturated carbocycles. The van der Waals surface area contributed by atoms with Gasteiger partial charge < -0.3 is 4.90 Å². The number of rotatable bonds is 5. The maximum Gasteiger partial charge on any atom is 0.229 e. The van der Waals surface area contributed by atoms with Gasteiger partial charge in [0.25, 0.3) is 0 Å². The molecule has 2 aliphatic carbocycles. The molecule has 0 spiro atoms. The summed E-state index contributed by atoms with van der Waals surface area (Å²) in [5.74, 6) is 0.261. The second-order valence-corrected chi connectivity index (χ2v) is 7.36. The predicted octanol–water partition coefficient (Wildman–Crippen LogP) is 3.68. The predicted molar refractivity (Wildman–Crippen MR) is 91.2 cm³/mol. The van der Waals surface area contributed by atoms with Crippen LogP contribution >= 0.6 is 11.3 Å². The van der Waals surface area contributed by atoms with Gasteiger partial charge in [-0.05, 0) is 37.8 Å². The summed E-state index contributed by atoms with van der Waals surface area (Å²) in [6, 6.07) is 6.79. The first-order valence-electron chi connectivity index (χ1n) is 8.48. The fourth-order valence-electron chi connectivity index (χ4n) is 3.48. The van der Waals surface area contributed by atoms with Crippen molar-refractivity contribution in [2.45, 2.75) is 57.0 Å².